The van der Waals surface area contributed by atoms with Gasteiger partial charge in [0.05, 0.1) is 11.0 Å². The predicted octanol–water partition coefficient (Wildman–Crippen LogP) is 5.27. The van der Waals surface area contributed by atoms with Gasteiger partial charge < -0.3 is 14.8 Å². The molecule has 2 aliphatic rings. The number of benzene rings is 2. The lowest BCUT2D eigenvalue weighted by molar-refractivity contribution is -0.126. The highest BCUT2D eigenvalue weighted by molar-refractivity contribution is 6.04. The van der Waals surface area contributed by atoms with Crippen LogP contribution < -0.4 is 10.6 Å². The fraction of sp³-hybridized carbons (Fsp3) is 0.414. The van der Waals surface area contributed by atoms with Crippen LogP contribution in [0.25, 0.3) is 11.0 Å². The Labute approximate surface area is 212 Å². The molecule has 2 amide bonds. The minimum absolute atomic E-state index is 0.0554. The van der Waals surface area contributed by atoms with Gasteiger partial charge >= 0.3 is 0 Å². The molecule has 36 heavy (non-hydrogen) atoms. The first-order valence-electron chi connectivity index (χ1n) is 13.2. The van der Waals surface area contributed by atoms with Gasteiger partial charge in [-0.3, -0.25) is 14.9 Å². The van der Waals surface area contributed by atoms with Crippen molar-refractivity contribution in [2.75, 3.05) is 18.4 Å². The van der Waals surface area contributed by atoms with E-state index >= 15 is 0 Å². The summed E-state index contributed by atoms with van der Waals surface area (Å²) in [6.45, 7) is 4.54. The fourth-order valence-corrected chi connectivity index (χ4v) is 5.45. The standard InChI is InChI=1S/C29H35N5O2/c1-2-30-27(35)23-12-14-24(15-13-23)34-26-19-21(20-33-17-7-4-8-18-33)11-16-25(26)31-29(34)32-28(36)22-9-5-3-6-10-22/h3,5-7,9-11,16-17,19,23-24H,2,4,8,12-15,18,20H2,1H3,(H,30,35)(H,31,32,36). The third-order valence-corrected chi connectivity index (χ3v) is 7.32. The predicted molar refractivity (Wildman–Crippen MR) is 143 cm³/mol. The van der Waals surface area contributed by atoms with Gasteiger partial charge in [0, 0.05) is 37.2 Å². The molecule has 1 saturated carbocycles. The van der Waals surface area contributed by atoms with E-state index in [-0.39, 0.29) is 23.8 Å². The molecule has 188 valence electrons. The zero-order valence-corrected chi connectivity index (χ0v) is 21.0. The number of nitrogens with zero attached hydrogens (tertiary/aromatic N) is 3. The summed E-state index contributed by atoms with van der Waals surface area (Å²) in [6, 6.07) is 15.8. The summed E-state index contributed by atoms with van der Waals surface area (Å²) in [7, 11) is 0. The van der Waals surface area contributed by atoms with E-state index < -0.39 is 0 Å². The number of hydrogen-bond donors (Lipinski definition) is 2. The minimum Gasteiger partial charge on any atom is -0.373 e. The quantitative estimate of drug-likeness (QED) is 0.478. The number of allylic oxidation sites excluding steroid dienone is 1. The van der Waals surface area contributed by atoms with Crippen molar-refractivity contribution in [3.8, 4) is 0 Å². The number of nitrogens with one attached hydrogen (secondary N) is 2. The number of fused-ring (bicyclic) bond motifs is 1. The fourth-order valence-electron chi connectivity index (χ4n) is 5.45. The van der Waals surface area contributed by atoms with Crippen LogP contribution in [0.4, 0.5) is 5.95 Å². The van der Waals surface area contributed by atoms with E-state index in [0.29, 0.717) is 18.1 Å². The van der Waals surface area contributed by atoms with Crippen molar-refractivity contribution in [1.82, 2.24) is 19.8 Å². The molecule has 1 aromatic heterocycles. The van der Waals surface area contributed by atoms with Gasteiger partial charge in [-0.1, -0.05) is 30.3 Å². The molecular weight excluding hydrogens is 450 g/mol. The first-order chi connectivity index (χ1) is 17.6. The lowest BCUT2D eigenvalue weighted by atomic mass is 9.85. The van der Waals surface area contributed by atoms with Crippen LogP contribution in [-0.2, 0) is 11.3 Å². The number of amides is 2. The Kier molecular flexibility index (Phi) is 7.35. The van der Waals surface area contributed by atoms with E-state index in [2.05, 4.69) is 50.6 Å². The van der Waals surface area contributed by atoms with Crippen LogP contribution in [0.15, 0.2) is 60.8 Å². The van der Waals surface area contributed by atoms with E-state index in [1.165, 1.54) is 12.0 Å². The number of carbonyl (C=O) groups is 2. The van der Waals surface area contributed by atoms with Gasteiger partial charge in [0.1, 0.15) is 0 Å². The molecule has 0 saturated heterocycles. The second-order valence-electron chi connectivity index (χ2n) is 9.85. The average Bonchev–Trinajstić information content (AvgIpc) is 3.27. The number of anilines is 1. The summed E-state index contributed by atoms with van der Waals surface area (Å²) in [5.74, 6) is 0.623. The highest BCUT2D eigenvalue weighted by Gasteiger charge is 2.29. The van der Waals surface area contributed by atoms with Gasteiger partial charge in [-0.25, -0.2) is 4.98 Å². The summed E-state index contributed by atoms with van der Waals surface area (Å²) < 4.78 is 2.21. The topological polar surface area (TPSA) is 79.3 Å². The van der Waals surface area contributed by atoms with Crippen molar-refractivity contribution in [2.45, 2.75) is 58.0 Å². The van der Waals surface area contributed by atoms with Crippen LogP contribution in [0.3, 0.4) is 0 Å². The average molecular weight is 486 g/mol. The van der Waals surface area contributed by atoms with Gasteiger partial charge in [0.25, 0.3) is 5.91 Å². The van der Waals surface area contributed by atoms with Gasteiger partial charge in [-0.15, -0.1) is 0 Å². The Hall–Kier alpha value is -3.61. The van der Waals surface area contributed by atoms with Gasteiger partial charge in [0.2, 0.25) is 11.9 Å². The summed E-state index contributed by atoms with van der Waals surface area (Å²) in [4.78, 5) is 32.6. The van der Waals surface area contributed by atoms with E-state index in [1.54, 1.807) is 0 Å². The molecule has 2 N–H and O–H groups in total. The number of carbonyl (C=O) groups excluding carboxylic acids is 2. The lowest BCUT2D eigenvalue weighted by Gasteiger charge is -2.30. The number of imidazole rings is 1. The maximum atomic E-state index is 13.0. The highest BCUT2D eigenvalue weighted by Crippen LogP contribution is 2.37. The number of rotatable bonds is 7. The second-order valence-corrected chi connectivity index (χ2v) is 9.85. The highest BCUT2D eigenvalue weighted by atomic mass is 16.2. The number of aromatic nitrogens is 2. The van der Waals surface area contributed by atoms with Crippen LogP contribution in [0, 0.1) is 5.92 Å². The third kappa shape index (κ3) is 5.30. The molecule has 3 aromatic rings. The van der Waals surface area contributed by atoms with Crippen molar-refractivity contribution < 1.29 is 9.59 Å². The first kappa shape index (κ1) is 24.1. The van der Waals surface area contributed by atoms with Crippen molar-refractivity contribution in [3.63, 3.8) is 0 Å². The Balaban J connectivity index is 1.45. The van der Waals surface area contributed by atoms with Crippen molar-refractivity contribution in [1.29, 1.82) is 0 Å². The van der Waals surface area contributed by atoms with Crippen LogP contribution in [0.5, 0.6) is 0 Å². The molecule has 1 aliphatic heterocycles. The van der Waals surface area contributed by atoms with Crippen LogP contribution in [-0.4, -0.2) is 39.4 Å². The Bertz CT molecular complexity index is 1240. The zero-order valence-electron chi connectivity index (χ0n) is 21.0. The maximum absolute atomic E-state index is 13.0. The number of hydrogen-bond acceptors (Lipinski definition) is 4. The molecule has 1 aliphatic carbocycles. The Morgan fingerprint density at radius 2 is 1.86 bits per heavy atom. The normalized spacial score (nSPS) is 19.9. The molecule has 0 bridgehead atoms. The maximum Gasteiger partial charge on any atom is 0.257 e. The van der Waals surface area contributed by atoms with Crippen LogP contribution in [0.2, 0.25) is 0 Å². The molecular formula is C29H35N5O2. The molecule has 0 atom stereocenters. The SMILES string of the molecule is CCNC(=O)C1CCC(n2c(NC(=O)c3ccccc3)nc3ccc(CN4C=CCCC4)cc32)CC1. The zero-order chi connectivity index (χ0) is 24.9. The summed E-state index contributed by atoms with van der Waals surface area (Å²) in [6.07, 6.45) is 10.2. The van der Waals surface area contributed by atoms with Crippen LogP contribution >= 0.6 is 0 Å². The Morgan fingerprint density at radius 1 is 1.06 bits per heavy atom. The smallest absolute Gasteiger partial charge is 0.257 e. The molecule has 0 unspecified atom stereocenters. The Morgan fingerprint density at radius 3 is 2.58 bits per heavy atom. The lowest BCUT2D eigenvalue weighted by Crippen LogP contribution is -2.33. The van der Waals surface area contributed by atoms with Crippen molar-refractivity contribution in [2.24, 2.45) is 5.92 Å². The largest absolute Gasteiger partial charge is 0.373 e. The molecule has 2 heterocycles. The van der Waals surface area contributed by atoms with Crippen molar-refractivity contribution >= 4 is 28.8 Å². The van der Waals surface area contributed by atoms with E-state index in [4.69, 9.17) is 4.98 Å². The van der Waals surface area contributed by atoms with Gasteiger partial charge in [-0.05, 0) is 81.5 Å². The summed E-state index contributed by atoms with van der Waals surface area (Å²) in [5.41, 5.74) is 3.75. The molecule has 7 heteroatoms. The molecule has 0 spiro atoms. The van der Waals surface area contributed by atoms with E-state index in [9.17, 15) is 9.59 Å². The minimum atomic E-state index is -0.165. The summed E-state index contributed by atoms with van der Waals surface area (Å²) in [5, 5.41) is 6.05. The van der Waals surface area contributed by atoms with Crippen molar-refractivity contribution in [3.05, 3.63) is 71.9 Å². The van der Waals surface area contributed by atoms with Crippen LogP contribution in [0.1, 0.15) is 67.4 Å². The van der Waals surface area contributed by atoms with E-state index in [1.807, 2.05) is 37.3 Å². The monoisotopic (exact) mass is 485 g/mol. The molecule has 2 aromatic carbocycles. The van der Waals surface area contributed by atoms with E-state index in [0.717, 1.165) is 56.2 Å². The molecule has 7 nitrogen and oxygen atoms in total. The second kappa shape index (κ2) is 11.0. The molecule has 5 rings (SSSR count). The summed E-state index contributed by atoms with van der Waals surface area (Å²) >= 11 is 0. The van der Waals surface area contributed by atoms with Gasteiger partial charge in [0.15, 0.2) is 0 Å². The van der Waals surface area contributed by atoms with Gasteiger partial charge in [-0.2, -0.15) is 0 Å². The molecule has 1 fully saturated rings. The third-order valence-electron chi connectivity index (χ3n) is 7.32. The first-order valence-corrected chi connectivity index (χ1v) is 13.2. The molecule has 0 radical (unpaired) electrons.